The number of piperidine rings is 1. The van der Waals surface area contributed by atoms with Gasteiger partial charge in [-0.15, -0.1) is 0 Å². The van der Waals surface area contributed by atoms with Crippen LogP contribution in [0.3, 0.4) is 0 Å². The molecule has 1 aromatic rings. The molecular weight excluding hydrogens is 340 g/mol. The van der Waals surface area contributed by atoms with Crippen molar-refractivity contribution in [2.75, 3.05) is 31.2 Å². The molecule has 1 saturated heterocycles. The summed E-state index contributed by atoms with van der Waals surface area (Å²) in [6, 6.07) is 6.14. The lowest BCUT2D eigenvalue weighted by Crippen LogP contribution is -2.41. The molecule has 4 nitrogen and oxygen atoms in total. The van der Waals surface area contributed by atoms with Gasteiger partial charge in [-0.3, -0.25) is 0 Å². The number of nitrogens with one attached hydrogen (secondary N) is 1. The molecule has 112 valence electrons. The zero-order valence-electron chi connectivity index (χ0n) is 11.9. The van der Waals surface area contributed by atoms with Gasteiger partial charge in [0.2, 0.25) is 10.0 Å². The number of nitrogens with zero attached hydrogens (tertiary/aromatic N) is 1. The van der Waals surface area contributed by atoms with Crippen LogP contribution in [-0.2, 0) is 10.0 Å². The molecule has 0 aliphatic carbocycles. The van der Waals surface area contributed by atoms with Crippen LogP contribution >= 0.6 is 15.9 Å². The highest BCUT2D eigenvalue weighted by Crippen LogP contribution is 2.23. The Bertz CT molecular complexity index is 575. The van der Waals surface area contributed by atoms with Gasteiger partial charge in [-0.05, 0) is 49.4 Å². The molecule has 0 bridgehead atoms. The van der Waals surface area contributed by atoms with E-state index < -0.39 is 10.0 Å². The molecule has 0 spiro atoms. The van der Waals surface area contributed by atoms with Gasteiger partial charge in [-0.1, -0.05) is 15.9 Å². The summed E-state index contributed by atoms with van der Waals surface area (Å²) in [5.74, 6) is 0.376. The van der Waals surface area contributed by atoms with Crippen LogP contribution in [0.2, 0.25) is 0 Å². The van der Waals surface area contributed by atoms with Crippen LogP contribution in [0.5, 0.6) is 0 Å². The number of aryl methyl sites for hydroxylation is 1. The second-order valence-corrected chi connectivity index (χ2v) is 8.37. The van der Waals surface area contributed by atoms with Crippen molar-refractivity contribution in [3.63, 3.8) is 0 Å². The molecule has 6 heteroatoms. The van der Waals surface area contributed by atoms with E-state index in [9.17, 15) is 8.42 Å². The van der Waals surface area contributed by atoms with Gasteiger partial charge in [0.25, 0.3) is 0 Å². The molecule has 0 saturated carbocycles. The number of hydrogen-bond donors (Lipinski definition) is 1. The summed E-state index contributed by atoms with van der Waals surface area (Å²) in [5.41, 5.74) is 2.31. The third-order valence-electron chi connectivity index (χ3n) is 3.72. The maximum absolute atomic E-state index is 11.6. The molecule has 1 atom stereocenters. The summed E-state index contributed by atoms with van der Waals surface area (Å²) < 4.78 is 25.9. The second kappa shape index (κ2) is 6.45. The molecule has 1 heterocycles. The van der Waals surface area contributed by atoms with Crippen molar-refractivity contribution in [2.45, 2.75) is 19.8 Å². The third kappa shape index (κ3) is 4.20. The fourth-order valence-electron chi connectivity index (χ4n) is 2.57. The van der Waals surface area contributed by atoms with Crippen LogP contribution in [0.4, 0.5) is 5.69 Å². The number of sulfonamides is 1. The summed E-state index contributed by atoms with van der Waals surface area (Å²) in [7, 11) is -3.06. The summed E-state index contributed by atoms with van der Waals surface area (Å²) >= 11 is 3.45. The molecule has 0 aromatic heterocycles. The quantitative estimate of drug-likeness (QED) is 0.897. The Morgan fingerprint density at radius 3 is 2.85 bits per heavy atom. The molecule has 1 unspecified atom stereocenters. The van der Waals surface area contributed by atoms with E-state index in [1.165, 1.54) is 11.8 Å². The molecule has 1 aromatic carbocycles. The number of rotatable bonds is 4. The Hall–Kier alpha value is -0.590. The molecule has 1 fully saturated rings. The SMILES string of the molecule is Cc1cc(Br)ccc1NCC1CCCN(S(C)(=O)=O)C1. The minimum absolute atomic E-state index is 0.376. The Labute approximate surface area is 129 Å². The van der Waals surface area contributed by atoms with E-state index in [1.807, 2.05) is 6.07 Å². The number of hydrogen-bond acceptors (Lipinski definition) is 3. The molecule has 1 N–H and O–H groups in total. The van der Waals surface area contributed by atoms with Crippen LogP contribution in [-0.4, -0.2) is 38.6 Å². The molecule has 1 aliphatic heterocycles. The molecule has 1 aliphatic rings. The number of benzene rings is 1. The summed E-state index contributed by atoms with van der Waals surface area (Å²) in [6.45, 7) is 4.17. The monoisotopic (exact) mass is 360 g/mol. The first-order valence-corrected chi connectivity index (χ1v) is 9.45. The van der Waals surface area contributed by atoms with Crippen molar-refractivity contribution in [1.29, 1.82) is 0 Å². The first kappa shape index (κ1) is 15.8. The lowest BCUT2D eigenvalue weighted by atomic mass is 9.99. The van der Waals surface area contributed by atoms with Crippen LogP contribution in [0, 0.1) is 12.8 Å². The normalized spacial score (nSPS) is 20.9. The van der Waals surface area contributed by atoms with Crippen molar-refractivity contribution in [1.82, 2.24) is 4.31 Å². The lowest BCUT2D eigenvalue weighted by molar-refractivity contribution is 0.277. The highest BCUT2D eigenvalue weighted by atomic mass is 79.9. The number of anilines is 1. The summed E-state index contributed by atoms with van der Waals surface area (Å²) in [6.07, 6.45) is 3.31. The van der Waals surface area contributed by atoms with Gasteiger partial charge in [-0.2, -0.15) is 0 Å². The van der Waals surface area contributed by atoms with E-state index in [0.717, 1.165) is 29.5 Å². The molecular formula is C14H21BrN2O2S. The largest absolute Gasteiger partial charge is 0.385 e. The van der Waals surface area contributed by atoms with Crippen LogP contribution in [0.1, 0.15) is 18.4 Å². The highest BCUT2D eigenvalue weighted by Gasteiger charge is 2.25. The fourth-order valence-corrected chi connectivity index (χ4v) is 3.99. The van der Waals surface area contributed by atoms with Crippen molar-refractivity contribution < 1.29 is 8.42 Å². The molecule has 20 heavy (non-hydrogen) atoms. The van der Waals surface area contributed by atoms with Crippen molar-refractivity contribution in [3.05, 3.63) is 28.2 Å². The van der Waals surface area contributed by atoms with Gasteiger partial charge in [-0.25, -0.2) is 12.7 Å². The maximum Gasteiger partial charge on any atom is 0.211 e. The highest BCUT2D eigenvalue weighted by molar-refractivity contribution is 9.10. The number of halogens is 1. The van der Waals surface area contributed by atoms with Gasteiger partial charge in [0.1, 0.15) is 0 Å². The van der Waals surface area contributed by atoms with E-state index in [2.05, 4.69) is 40.3 Å². The van der Waals surface area contributed by atoms with Crippen molar-refractivity contribution in [3.8, 4) is 0 Å². The predicted octanol–water partition coefficient (Wildman–Crippen LogP) is 2.84. The standard InChI is InChI=1S/C14H21BrN2O2S/c1-11-8-13(15)5-6-14(11)16-9-12-4-3-7-17(10-12)20(2,18)19/h5-6,8,12,16H,3-4,7,9-10H2,1-2H3. The minimum atomic E-state index is -3.06. The average molecular weight is 361 g/mol. The Kier molecular flexibility index (Phi) is 5.09. The zero-order chi connectivity index (χ0) is 14.8. The smallest absolute Gasteiger partial charge is 0.211 e. The van der Waals surface area contributed by atoms with Gasteiger partial charge in [0, 0.05) is 29.8 Å². The second-order valence-electron chi connectivity index (χ2n) is 5.47. The average Bonchev–Trinajstić information content (AvgIpc) is 2.37. The first-order valence-electron chi connectivity index (χ1n) is 6.81. The summed E-state index contributed by atoms with van der Waals surface area (Å²) in [4.78, 5) is 0. The Morgan fingerprint density at radius 1 is 1.45 bits per heavy atom. The van der Waals surface area contributed by atoms with Gasteiger partial charge in [0.05, 0.1) is 6.26 Å². The van der Waals surface area contributed by atoms with E-state index >= 15 is 0 Å². The van der Waals surface area contributed by atoms with E-state index in [1.54, 1.807) is 4.31 Å². The maximum atomic E-state index is 11.6. The van der Waals surface area contributed by atoms with E-state index in [-0.39, 0.29) is 0 Å². The molecule has 0 radical (unpaired) electrons. The molecule has 0 amide bonds. The Morgan fingerprint density at radius 2 is 2.20 bits per heavy atom. The van der Waals surface area contributed by atoms with Gasteiger partial charge < -0.3 is 5.32 Å². The van der Waals surface area contributed by atoms with Gasteiger partial charge >= 0.3 is 0 Å². The predicted molar refractivity (Wildman–Crippen MR) is 86.5 cm³/mol. The Balaban J connectivity index is 1.94. The third-order valence-corrected chi connectivity index (χ3v) is 5.48. The van der Waals surface area contributed by atoms with Crippen LogP contribution < -0.4 is 5.32 Å². The van der Waals surface area contributed by atoms with Crippen molar-refractivity contribution >= 4 is 31.6 Å². The summed E-state index contributed by atoms with van der Waals surface area (Å²) in [5, 5.41) is 3.44. The lowest BCUT2D eigenvalue weighted by Gasteiger charge is -2.31. The van der Waals surface area contributed by atoms with Crippen molar-refractivity contribution in [2.24, 2.45) is 5.92 Å². The van der Waals surface area contributed by atoms with E-state index in [4.69, 9.17) is 0 Å². The first-order chi connectivity index (χ1) is 9.36. The van der Waals surface area contributed by atoms with Gasteiger partial charge in [0.15, 0.2) is 0 Å². The van der Waals surface area contributed by atoms with Crippen LogP contribution in [0.25, 0.3) is 0 Å². The molecule has 2 rings (SSSR count). The zero-order valence-corrected chi connectivity index (χ0v) is 14.3. The fraction of sp³-hybridized carbons (Fsp3) is 0.571. The van der Waals surface area contributed by atoms with Crippen LogP contribution in [0.15, 0.2) is 22.7 Å². The van der Waals surface area contributed by atoms with E-state index in [0.29, 0.717) is 19.0 Å². The minimum Gasteiger partial charge on any atom is -0.385 e. The topological polar surface area (TPSA) is 49.4 Å².